The van der Waals surface area contributed by atoms with E-state index in [1.165, 1.54) is 12.1 Å². The van der Waals surface area contributed by atoms with E-state index >= 15 is 0 Å². The van der Waals surface area contributed by atoms with Crippen LogP contribution in [-0.2, 0) is 20.2 Å². The summed E-state index contributed by atoms with van der Waals surface area (Å²) in [6, 6.07) is 4.34. The van der Waals surface area contributed by atoms with Gasteiger partial charge in [-0.1, -0.05) is 0 Å². The highest BCUT2D eigenvalue weighted by Gasteiger charge is 2.05. The Morgan fingerprint density at radius 1 is 1.47 bits per heavy atom. The Kier molecular flexibility index (Phi) is 3.39. The van der Waals surface area contributed by atoms with Crippen molar-refractivity contribution in [1.82, 2.24) is 9.78 Å². The molecule has 5 heteroatoms. The van der Waals surface area contributed by atoms with Crippen LogP contribution in [0.5, 0.6) is 5.75 Å². The molecule has 0 radical (unpaired) electrons. The van der Waals surface area contributed by atoms with E-state index in [9.17, 15) is 4.39 Å². The first-order chi connectivity index (χ1) is 8.19. The van der Waals surface area contributed by atoms with E-state index < -0.39 is 0 Å². The van der Waals surface area contributed by atoms with Crippen molar-refractivity contribution in [1.29, 1.82) is 0 Å². The van der Waals surface area contributed by atoms with Gasteiger partial charge in [0.15, 0.2) is 0 Å². The fourth-order valence-electron chi connectivity index (χ4n) is 1.56. The zero-order valence-electron chi connectivity index (χ0n) is 9.56. The number of benzene rings is 1. The number of hydrogen-bond acceptors (Lipinski definition) is 3. The van der Waals surface area contributed by atoms with E-state index in [1.807, 2.05) is 13.2 Å². The molecule has 90 valence electrons. The van der Waals surface area contributed by atoms with Crippen molar-refractivity contribution in [2.75, 3.05) is 0 Å². The minimum Gasteiger partial charge on any atom is -0.488 e. The van der Waals surface area contributed by atoms with Gasteiger partial charge in [0.05, 0.1) is 6.20 Å². The second kappa shape index (κ2) is 4.97. The Balaban J connectivity index is 2.08. The van der Waals surface area contributed by atoms with Crippen LogP contribution < -0.4 is 10.5 Å². The second-order valence-electron chi connectivity index (χ2n) is 3.77. The molecule has 0 atom stereocenters. The number of nitrogens with zero attached hydrogens (tertiary/aromatic N) is 2. The highest BCUT2D eigenvalue weighted by molar-refractivity contribution is 5.33. The van der Waals surface area contributed by atoms with Gasteiger partial charge in [0.25, 0.3) is 0 Å². The molecule has 0 unspecified atom stereocenters. The van der Waals surface area contributed by atoms with Gasteiger partial charge in [-0.3, -0.25) is 4.68 Å². The number of hydrogen-bond donors (Lipinski definition) is 1. The van der Waals surface area contributed by atoms with Gasteiger partial charge >= 0.3 is 0 Å². The van der Waals surface area contributed by atoms with Gasteiger partial charge in [-0.25, -0.2) is 4.39 Å². The summed E-state index contributed by atoms with van der Waals surface area (Å²) in [4.78, 5) is 0. The van der Waals surface area contributed by atoms with Crippen LogP contribution in [0.15, 0.2) is 30.6 Å². The third-order valence-corrected chi connectivity index (χ3v) is 2.40. The Morgan fingerprint density at radius 2 is 2.29 bits per heavy atom. The number of halogens is 1. The SMILES string of the molecule is Cn1cc(COc2ccc(F)cc2CN)cn1. The summed E-state index contributed by atoms with van der Waals surface area (Å²) in [6.07, 6.45) is 3.59. The van der Waals surface area contributed by atoms with E-state index in [-0.39, 0.29) is 12.4 Å². The summed E-state index contributed by atoms with van der Waals surface area (Å²) in [5.74, 6) is 0.303. The minimum absolute atomic E-state index is 0.250. The molecule has 0 fully saturated rings. The smallest absolute Gasteiger partial charge is 0.124 e. The zero-order chi connectivity index (χ0) is 12.3. The molecule has 1 heterocycles. The highest BCUT2D eigenvalue weighted by atomic mass is 19.1. The topological polar surface area (TPSA) is 53.1 Å². The summed E-state index contributed by atoms with van der Waals surface area (Å²) >= 11 is 0. The molecule has 0 amide bonds. The molecule has 0 aliphatic heterocycles. The van der Waals surface area contributed by atoms with Gasteiger partial charge in [-0.05, 0) is 18.2 Å². The number of nitrogens with two attached hydrogens (primary N) is 1. The lowest BCUT2D eigenvalue weighted by Gasteiger charge is -2.09. The summed E-state index contributed by atoms with van der Waals surface area (Å²) in [5, 5.41) is 4.04. The Bertz CT molecular complexity index is 510. The molecule has 0 aliphatic carbocycles. The average molecular weight is 235 g/mol. The van der Waals surface area contributed by atoms with Crippen molar-refractivity contribution < 1.29 is 9.13 Å². The normalized spacial score (nSPS) is 10.5. The fourth-order valence-corrected chi connectivity index (χ4v) is 1.56. The van der Waals surface area contributed by atoms with Crippen LogP contribution in [-0.4, -0.2) is 9.78 Å². The van der Waals surface area contributed by atoms with Gasteiger partial charge in [-0.2, -0.15) is 5.10 Å². The molecule has 4 nitrogen and oxygen atoms in total. The Hall–Kier alpha value is -1.88. The van der Waals surface area contributed by atoms with Crippen molar-refractivity contribution in [3.05, 3.63) is 47.5 Å². The molecule has 2 rings (SSSR count). The number of aromatic nitrogens is 2. The number of rotatable bonds is 4. The van der Waals surface area contributed by atoms with Crippen LogP contribution in [0, 0.1) is 5.82 Å². The lowest BCUT2D eigenvalue weighted by Crippen LogP contribution is -2.03. The molecule has 1 aromatic heterocycles. The number of aryl methyl sites for hydroxylation is 1. The first-order valence-electron chi connectivity index (χ1n) is 5.28. The minimum atomic E-state index is -0.306. The van der Waals surface area contributed by atoms with Crippen molar-refractivity contribution in [3.8, 4) is 5.75 Å². The maximum Gasteiger partial charge on any atom is 0.124 e. The van der Waals surface area contributed by atoms with Gasteiger partial charge in [0.2, 0.25) is 0 Å². The van der Waals surface area contributed by atoms with Crippen LogP contribution in [0.2, 0.25) is 0 Å². The Labute approximate surface area is 98.8 Å². The summed E-state index contributed by atoms with van der Waals surface area (Å²) in [5.41, 5.74) is 7.15. The van der Waals surface area contributed by atoms with E-state index in [4.69, 9.17) is 10.5 Å². The number of ether oxygens (including phenoxy) is 1. The molecule has 17 heavy (non-hydrogen) atoms. The molecule has 0 spiro atoms. The summed E-state index contributed by atoms with van der Waals surface area (Å²) in [7, 11) is 1.84. The van der Waals surface area contributed by atoms with Gasteiger partial charge in [-0.15, -0.1) is 0 Å². The van der Waals surface area contributed by atoms with E-state index in [0.29, 0.717) is 17.9 Å². The quantitative estimate of drug-likeness (QED) is 0.875. The fraction of sp³-hybridized carbons (Fsp3) is 0.250. The lowest BCUT2D eigenvalue weighted by atomic mass is 10.2. The average Bonchev–Trinajstić information content (AvgIpc) is 2.73. The van der Waals surface area contributed by atoms with Crippen LogP contribution in [0.1, 0.15) is 11.1 Å². The molecule has 0 bridgehead atoms. The molecule has 1 aromatic carbocycles. The standard InChI is InChI=1S/C12H14FN3O/c1-16-7-9(6-15-16)8-17-12-3-2-11(13)4-10(12)5-14/h2-4,6-7H,5,8,14H2,1H3. The molecular weight excluding hydrogens is 221 g/mol. The summed E-state index contributed by atoms with van der Waals surface area (Å²) in [6.45, 7) is 0.645. The molecule has 0 aliphatic rings. The van der Waals surface area contributed by atoms with Gasteiger partial charge in [0.1, 0.15) is 18.2 Å². The highest BCUT2D eigenvalue weighted by Crippen LogP contribution is 2.20. The Morgan fingerprint density at radius 3 is 2.94 bits per heavy atom. The van der Waals surface area contributed by atoms with Crippen LogP contribution in [0.25, 0.3) is 0 Å². The molecule has 0 saturated heterocycles. The van der Waals surface area contributed by atoms with Crippen molar-refractivity contribution >= 4 is 0 Å². The van der Waals surface area contributed by atoms with Crippen LogP contribution >= 0.6 is 0 Å². The third kappa shape index (κ3) is 2.82. The third-order valence-electron chi connectivity index (χ3n) is 2.40. The first-order valence-corrected chi connectivity index (χ1v) is 5.28. The maximum atomic E-state index is 13.0. The monoisotopic (exact) mass is 235 g/mol. The van der Waals surface area contributed by atoms with Crippen molar-refractivity contribution in [2.24, 2.45) is 12.8 Å². The predicted octanol–water partition coefficient (Wildman–Crippen LogP) is 1.60. The summed E-state index contributed by atoms with van der Waals surface area (Å²) < 4.78 is 20.3. The maximum absolute atomic E-state index is 13.0. The molecule has 2 N–H and O–H groups in total. The van der Waals surface area contributed by atoms with E-state index in [2.05, 4.69) is 5.10 Å². The largest absolute Gasteiger partial charge is 0.488 e. The van der Waals surface area contributed by atoms with Crippen molar-refractivity contribution in [2.45, 2.75) is 13.2 Å². The van der Waals surface area contributed by atoms with Gasteiger partial charge < -0.3 is 10.5 Å². The first kappa shape index (κ1) is 11.6. The molecule has 0 saturated carbocycles. The van der Waals surface area contributed by atoms with E-state index in [0.717, 1.165) is 5.56 Å². The predicted molar refractivity (Wildman–Crippen MR) is 61.8 cm³/mol. The zero-order valence-corrected chi connectivity index (χ0v) is 9.56. The van der Waals surface area contributed by atoms with Crippen LogP contribution in [0.4, 0.5) is 4.39 Å². The second-order valence-corrected chi connectivity index (χ2v) is 3.77. The van der Waals surface area contributed by atoms with E-state index in [1.54, 1.807) is 16.9 Å². The molecule has 2 aromatic rings. The van der Waals surface area contributed by atoms with Crippen molar-refractivity contribution in [3.63, 3.8) is 0 Å². The molecular formula is C12H14FN3O. The van der Waals surface area contributed by atoms with Gasteiger partial charge in [0, 0.05) is 30.9 Å². The lowest BCUT2D eigenvalue weighted by molar-refractivity contribution is 0.302. The van der Waals surface area contributed by atoms with Crippen LogP contribution in [0.3, 0.4) is 0 Å².